The number of nitrogens with zero attached hydrogens (tertiary/aromatic N) is 2. The third-order valence-corrected chi connectivity index (χ3v) is 2.87. The quantitative estimate of drug-likeness (QED) is 0.634. The molecule has 1 atom stereocenters. The Morgan fingerprint density at radius 3 is 2.64 bits per heavy atom. The molecule has 0 bridgehead atoms. The number of aromatic nitrogens is 2. The number of imidazole rings is 1. The van der Waals surface area contributed by atoms with E-state index in [-0.39, 0.29) is 0 Å². The summed E-state index contributed by atoms with van der Waals surface area (Å²) in [4.78, 5) is 4.43. The summed E-state index contributed by atoms with van der Waals surface area (Å²) in [6.45, 7) is 4.51. The number of hydrogen-bond acceptors (Lipinski definition) is 1. The van der Waals surface area contributed by atoms with E-state index in [9.17, 15) is 0 Å². The molecular formula is C12H22N2. The second-order valence-electron chi connectivity index (χ2n) is 4.00. The van der Waals surface area contributed by atoms with E-state index in [4.69, 9.17) is 0 Å². The number of hydrogen-bond donors (Lipinski definition) is 0. The predicted octanol–water partition coefficient (Wildman–Crippen LogP) is 3.49. The molecule has 0 aliphatic carbocycles. The Kier molecular flexibility index (Phi) is 4.71. The summed E-state index contributed by atoms with van der Waals surface area (Å²) >= 11 is 0. The summed E-state index contributed by atoms with van der Waals surface area (Å²) < 4.78 is 2.15. The van der Waals surface area contributed by atoms with Gasteiger partial charge in [-0.25, -0.2) is 4.98 Å². The topological polar surface area (TPSA) is 17.8 Å². The van der Waals surface area contributed by atoms with Crippen molar-refractivity contribution < 1.29 is 0 Å². The first-order chi connectivity index (χ1) is 6.79. The highest BCUT2D eigenvalue weighted by molar-refractivity contribution is 4.99. The lowest BCUT2D eigenvalue weighted by Gasteiger charge is -2.14. The average molecular weight is 194 g/mol. The average Bonchev–Trinajstić information content (AvgIpc) is 2.60. The number of aryl methyl sites for hydroxylation is 1. The van der Waals surface area contributed by atoms with Crippen molar-refractivity contribution in [3.63, 3.8) is 0 Å². The molecule has 80 valence electrons. The second-order valence-corrected chi connectivity index (χ2v) is 4.00. The molecule has 0 radical (unpaired) electrons. The van der Waals surface area contributed by atoms with Gasteiger partial charge in [-0.1, -0.05) is 33.1 Å². The van der Waals surface area contributed by atoms with Crippen molar-refractivity contribution in [2.24, 2.45) is 7.05 Å². The zero-order valence-corrected chi connectivity index (χ0v) is 9.66. The molecule has 0 saturated carbocycles. The summed E-state index contributed by atoms with van der Waals surface area (Å²) in [6, 6.07) is 0. The molecule has 1 aromatic heterocycles. The van der Waals surface area contributed by atoms with Crippen molar-refractivity contribution >= 4 is 0 Å². The van der Waals surface area contributed by atoms with E-state index in [1.807, 2.05) is 12.4 Å². The van der Waals surface area contributed by atoms with Crippen molar-refractivity contribution in [1.82, 2.24) is 9.55 Å². The van der Waals surface area contributed by atoms with Crippen LogP contribution in [0.3, 0.4) is 0 Å². The van der Waals surface area contributed by atoms with Gasteiger partial charge in [-0.05, 0) is 12.8 Å². The van der Waals surface area contributed by atoms with E-state index >= 15 is 0 Å². The monoisotopic (exact) mass is 194 g/mol. The molecule has 0 amide bonds. The summed E-state index contributed by atoms with van der Waals surface area (Å²) in [6.07, 6.45) is 10.4. The SMILES string of the molecule is CCCCCC(CC)c1nccn1C. The van der Waals surface area contributed by atoms with E-state index in [1.54, 1.807) is 0 Å². The van der Waals surface area contributed by atoms with Gasteiger partial charge in [-0.2, -0.15) is 0 Å². The van der Waals surface area contributed by atoms with Gasteiger partial charge in [0.15, 0.2) is 0 Å². The molecule has 1 heterocycles. The minimum absolute atomic E-state index is 0.654. The Balaban J connectivity index is 2.50. The van der Waals surface area contributed by atoms with E-state index in [2.05, 4.69) is 30.4 Å². The Morgan fingerprint density at radius 2 is 2.14 bits per heavy atom. The van der Waals surface area contributed by atoms with Gasteiger partial charge in [0.05, 0.1) is 0 Å². The van der Waals surface area contributed by atoms with Crippen LogP contribution in [0.2, 0.25) is 0 Å². The van der Waals surface area contributed by atoms with Gasteiger partial charge in [0.25, 0.3) is 0 Å². The zero-order valence-electron chi connectivity index (χ0n) is 9.66. The first kappa shape index (κ1) is 11.3. The van der Waals surface area contributed by atoms with Crippen molar-refractivity contribution in [3.8, 4) is 0 Å². The third-order valence-electron chi connectivity index (χ3n) is 2.87. The van der Waals surface area contributed by atoms with Crippen molar-refractivity contribution in [1.29, 1.82) is 0 Å². The van der Waals surface area contributed by atoms with Crippen molar-refractivity contribution in [2.45, 2.75) is 51.9 Å². The standard InChI is InChI=1S/C12H22N2/c1-4-6-7-8-11(5-2)12-13-9-10-14(12)3/h9-11H,4-8H2,1-3H3. The van der Waals surface area contributed by atoms with Crippen LogP contribution in [0, 0.1) is 0 Å². The molecule has 0 fully saturated rings. The lowest BCUT2D eigenvalue weighted by atomic mass is 9.98. The van der Waals surface area contributed by atoms with Gasteiger partial charge in [-0.15, -0.1) is 0 Å². The van der Waals surface area contributed by atoms with Crippen LogP contribution in [0.1, 0.15) is 57.7 Å². The fourth-order valence-corrected chi connectivity index (χ4v) is 1.93. The molecule has 1 rings (SSSR count). The van der Waals surface area contributed by atoms with Gasteiger partial charge >= 0.3 is 0 Å². The third kappa shape index (κ3) is 2.86. The fourth-order valence-electron chi connectivity index (χ4n) is 1.93. The molecule has 14 heavy (non-hydrogen) atoms. The minimum Gasteiger partial charge on any atom is -0.338 e. The number of unbranched alkanes of at least 4 members (excludes halogenated alkanes) is 2. The Labute approximate surface area is 87.4 Å². The Morgan fingerprint density at radius 1 is 1.36 bits per heavy atom. The Bertz CT molecular complexity index is 253. The smallest absolute Gasteiger partial charge is 0.111 e. The van der Waals surface area contributed by atoms with Crippen LogP contribution in [0.25, 0.3) is 0 Å². The molecular weight excluding hydrogens is 172 g/mol. The van der Waals surface area contributed by atoms with Crippen molar-refractivity contribution in [2.75, 3.05) is 0 Å². The minimum atomic E-state index is 0.654. The summed E-state index contributed by atoms with van der Waals surface area (Å²) in [5.41, 5.74) is 0. The van der Waals surface area contributed by atoms with Crippen LogP contribution >= 0.6 is 0 Å². The van der Waals surface area contributed by atoms with Crippen LogP contribution in [-0.2, 0) is 7.05 Å². The molecule has 0 spiro atoms. The Hall–Kier alpha value is -0.790. The maximum Gasteiger partial charge on any atom is 0.111 e. The van der Waals surface area contributed by atoms with Gasteiger partial charge in [0.1, 0.15) is 5.82 Å². The van der Waals surface area contributed by atoms with E-state index in [0.29, 0.717) is 5.92 Å². The highest BCUT2D eigenvalue weighted by Crippen LogP contribution is 2.23. The molecule has 2 heteroatoms. The van der Waals surface area contributed by atoms with Crippen LogP contribution in [-0.4, -0.2) is 9.55 Å². The van der Waals surface area contributed by atoms with E-state index in [0.717, 1.165) is 0 Å². The molecule has 0 aromatic carbocycles. The molecule has 1 unspecified atom stereocenters. The molecule has 0 aliphatic rings. The van der Waals surface area contributed by atoms with Crippen LogP contribution in [0.5, 0.6) is 0 Å². The molecule has 0 aliphatic heterocycles. The summed E-state index contributed by atoms with van der Waals surface area (Å²) in [7, 11) is 2.09. The maximum atomic E-state index is 4.43. The number of rotatable bonds is 6. The van der Waals surface area contributed by atoms with Gasteiger partial charge in [-0.3, -0.25) is 0 Å². The molecule has 2 nitrogen and oxygen atoms in total. The molecule has 0 N–H and O–H groups in total. The molecule has 0 saturated heterocycles. The lowest BCUT2D eigenvalue weighted by molar-refractivity contribution is 0.517. The normalized spacial score (nSPS) is 13.1. The zero-order chi connectivity index (χ0) is 10.4. The summed E-state index contributed by atoms with van der Waals surface area (Å²) in [5, 5.41) is 0. The molecule has 1 aromatic rings. The van der Waals surface area contributed by atoms with Crippen LogP contribution in [0.4, 0.5) is 0 Å². The second kappa shape index (κ2) is 5.84. The highest BCUT2D eigenvalue weighted by atomic mass is 15.0. The fraction of sp³-hybridized carbons (Fsp3) is 0.750. The van der Waals surface area contributed by atoms with Crippen LogP contribution < -0.4 is 0 Å². The van der Waals surface area contributed by atoms with Gasteiger partial charge in [0, 0.05) is 25.4 Å². The van der Waals surface area contributed by atoms with E-state index < -0.39 is 0 Å². The maximum absolute atomic E-state index is 4.43. The van der Waals surface area contributed by atoms with Gasteiger partial charge < -0.3 is 4.57 Å². The summed E-state index contributed by atoms with van der Waals surface area (Å²) in [5.74, 6) is 1.91. The predicted molar refractivity (Wildman–Crippen MR) is 60.4 cm³/mol. The van der Waals surface area contributed by atoms with Gasteiger partial charge in [0.2, 0.25) is 0 Å². The first-order valence-corrected chi connectivity index (χ1v) is 5.76. The van der Waals surface area contributed by atoms with Crippen molar-refractivity contribution in [3.05, 3.63) is 18.2 Å². The first-order valence-electron chi connectivity index (χ1n) is 5.76. The highest BCUT2D eigenvalue weighted by Gasteiger charge is 2.12. The largest absolute Gasteiger partial charge is 0.338 e. The van der Waals surface area contributed by atoms with Crippen LogP contribution in [0.15, 0.2) is 12.4 Å². The van der Waals surface area contributed by atoms with E-state index in [1.165, 1.54) is 37.9 Å². The lowest BCUT2D eigenvalue weighted by Crippen LogP contribution is -2.05.